The van der Waals surface area contributed by atoms with Crippen molar-refractivity contribution in [2.24, 2.45) is 5.92 Å². The van der Waals surface area contributed by atoms with E-state index in [9.17, 15) is 4.79 Å². The third kappa shape index (κ3) is 6.35. The molecule has 0 aliphatic rings. The van der Waals surface area contributed by atoms with E-state index in [0.717, 1.165) is 18.7 Å². The highest BCUT2D eigenvalue weighted by Gasteiger charge is 2.05. The van der Waals surface area contributed by atoms with Crippen LogP contribution in [-0.2, 0) is 4.79 Å². The van der Waals surface area contributed by atoms with Crippen LogP contribution in [0.15, 0.2) is 0 Å². The quantitative estimate of drug-likeness (QED) is 0.469. The predicted octanol–water partition coefficient (Wildman–Crippen LogP) is 1.99. The van der Waals surface area contributed by atoms with E-state index < -0.39 is 0 Å². The largest absolute Gasteiger partial charge is 0.314 e. The molecule has 0 aliphatic carbocycles. The van der Waals surface area contributed by atoms with Crippen molar-refractivity contribution in [3.05, 3.63) is 0 Å². The minimum atomic E-state index is 0.542. The van der Waals surface area contributed by atoms with Crippen molar-refractivity contribution >= 4 is 6.29 Å². The minimum absolute atomic E-state index is 0.542. The van der Waals surface area contributed by atoms with Crippen LogP contribution in [0.1, 0.15) is 40.0 Å². The Bertz CT molecular complexity index is 114. The molecule has 0 saturated carbocycles. The first-order chi connectivity index (χ1) is 5.70. The van der Waals surface area contributed by atoms with Gasteiger partial charge in [-0.1, -0.05) is 20.3 Å². The fraction of sp³-hybridized carbons (Fsp3) is 0.900. The van der Waals surface area contributed by atoms with Gasteiger partial charge in [0.25, 0.3) is 0 Å². The number of nitrogens with one attached hydrogen (secondary N) is 1. The van der Waals surface area contributed by atoms with Gasteiger partial charge in [-0.2, -0.15) is 0 Å². The summed E-state index contributed by atoms with van der Waals surface area (Å²) in [5.74, 6) is 0.781. The Kier molecular flexibility index (Phi) is 7.06. The number of aldehydes is 1. The van der Waals surface area contributed by atoms with E-state index >= 15 is 0 Å². The molecule has 12 heavy (non-hydrogen) atoms. The van der Waals surface area contributed by atoms with Gasteiger partial charge in [0, 0.05) is 19.0 Å². The molecule has 0 aliphatic heterocycles. The number of carbonyl (C=O) groups is 1. The van der Waals surface area contributed by atoms with Gasteiger partial charge < -0.3 is 10.1 Å². The summed E-state index contributed by atoms with van der Waals surface area (Å²) in [6, 6.07) is 0.542. The maximum Gasteiger partial charge on any atom is 0.121 e. The van der Waals surface area contributed by atoms with Gasteiger partial charge in [-0.3, -0.25) is 0 Å². The molecule has 0 rings (SSSR count). The molecule has 0 amide bonds. The minimum Gasteiger partial charge on any atom is -0.314 e. The Labute approximate surface area is 75.7 Å². The zero-order valence-electron chi connectivity index (χ0n) is 8.47. The van der Waals surface area contributed by atoms with Crippen molar-refractivity contribution in [3.8, 4) is 0 Å². The summed E-state index contributed by atoms with van der Waals surface area (Å²) < 4.78 is 0. The lowest BCUT2D eigenvalue weighted by atomic mass is 10.0. The fourth-order valence-electron chi connectivity index (χ4n) is 1.24. The van der Waals surface area contributed by atoms with E-state index in [4.69, 9.17) is 0 Å². The summed E-state index contributed by atoms with van der Waals surface area (Å²) in [7, 11) is 0. The van der Waals surface area contributed by atoms with Crippen molar-refractivity contribution in [3.63, 3.8) is 0 Å². The smallest absolute Gasteiger partial charge is 0.121 e. The molecule has 0 aromatic carbocycles. The molecule has 0 aromatic rings. The standard InChI is InChI=1S/C10H21NO/c1-4-9(2)8-10(3)11-6-5-7-12/h7,9-11H,4-6,8H2,1-3H3. The topological polar surface area (TPSA) is 29.1 Å². The van der Waals surface area contributed by atoms with Crippen molar-refractivity contribution in [1.29, 1.82) is 0 Å². The van der Waals surface area contributed by atoms with Crippen molar-refractivity contribution < 1.29 is 4.79 Å². The van der Waals surface area contributed by atoms with E-state index in [2.05, 4.69) is 26.1 Å². The number of hydrogen-bond donors (Lipinski definition) is 1. The second-order valence-electron chi connectivity index (χ2n) is 3.56. The highest BCUT2D eigenvalue weighted by Crippen LogP contribution is 2.08. The Balaban J connectivity index is 3.32. The maximum atomic E-state index is 10.0. The summed E-state index contributed by atoms with van der Waals surface area (Å²) in [6.45, 7) is 7.47. The van der Waals surface area contributed by atoms with Crippen LogP contribution in [0.2, 0.25) is 0 Å². The third-order valence-electron chi connectivity index (χ3n) is 2.21. The molecule has 0 heterocycles. The number of hydrogen-bond acceptors (Lipinski definition) is 2. The summed E-state index contributed by atoms with van der Waals surface area (Å²) in [6.07, 6.45) is 4.03. The first-order valence-corrected chi connectivity index (χ1v) is 4.87. The van der Waals surface area contributed by atoms with Crippen LogP contribution >= 0.6 is 0 Å². The van der Waals surface area contributed by atoms with E-state index in [1.54, 1.807) is 0 Å². The Hall–Kier alpha value is -0.370. The Morgan fingerprint density at radius 2 is 2.08 bits per heavy atom. The molecular formula is C10H21NO. The van der Waals surface area contributed by atoms with Crippen LogP contribution in [-0.4, -0.2) is 18.9 Å². The summed E-state index contributed by atoms with van der Waals surface area (Å²) >= 11 is 0. The van der Waals surface area contributed by atoms with Gasteiger partial charge in [0.05, 0.1) is 0 Å². The molecule has 0 aromatic heterocycles. The van der Waals surface area contributed by atoms with Crippen LogP contribution in [0.25, 0.3) is 0 Å². The molecule has 1 N–H and O–H groups in total. The molecule has 2 unspecified atom stereocenters. The Morgan fingerprint density at radius 1 is 1.42 bits per heavy atom. The molecule has 2 atom stereocenters. The van der Waals surface area contributed by atoms with E-state index in [-0.39, 0.29) is 0 Å². The first kappa shape index (κ1) is 11.6. The monoisotopic (exact) mass is 171 g/mol. The van der Waals surface area contributed by atoms with Crippen molar-refractivity contribution in [2.45, 2.75) is 46.1 Å². The molecule has 0 saturated heterocycles. The summed E-state index contributed by atoms with van der Waals surface area (Å²) in [5.41, 5.74) is 0. The van der Waals surface area contributed by atoms with Gasteiger partial charge in [0.1, 0.15) is 6.29 Å². The lowest BCUT2D eigenvalue weighted by molar-refractivity contribution is -0.107. The van der Waals surface area contributed by atoms with Crippen LogP contribution in [0.5, 0.6) is 0 Å². The van der Waals surface area contributed by atoms with E-state index in [0.29, 0.717) is 12.5 Å². The average Bonchev–Trinajstić information content (AvgIpc) is 2.05. The second kappa shape index (κ2) is 7.29. The van der Waals surface area contributed by atoms with Gasteiger partial charge in [-0.15, -0.1) is 0 Å². The van der Waals surface area contributed by atoms with E-state index in [1.807, 2.05) is 0 Å². The lowest BCUT2D eigenvalue weighted by Gasteiger charge is -2.16. The number of rotatable bonds is 7. The molecule has 0 bridgehead atoms. The Morgan fingerprint density at radius 3 is 2.58 bits per heavy atom. The normalized spacial score (nSPS) is 15.6. The van der Waals surface area contributed by atoms with E-state index in [1.165, 1.54) is 12.8 Å². The molecule has 2 heteroatoms. The number of carbonyl (C=O) groups excluding carboxylic acids is 1. The maximum absolute atomic E-state index is 10.0. The molecule has 0 radical (unpaired) electrons. The van der Waals surface area contributed by atoms with Crippen LogP contribution in [0, 0.1) is 5.92 Å². The average molecular weight is 171 g/mol. The molecular weight excluding hydrogens is 150 g/mol. The molecule has 2 nitrogen and oxygen atoms in total. The zero-order chi connectivity index (χ0) is 9.40. The van der Waals surface area contributed by atoms with Gasteiger partial charge in [-0.25, -0.2) is 0 Å². The summed E-state index contributed by atoms with van der Waals surface area (Å²) in [4.78, 5) is 10.0. The van der Waals surface area contributed by atoms with Gasteiger partial charge in [0.15, 0.2) is 0 Å². The molecule has 72 valence electrons. The van der Waals surface area contributed by atoms with Crippen molar-refractivity contribution in [1.82, 2.24) is 5.32 Å². The third-order valence-corrected chi connectivity index (χ3v) is 2.21. The fourth-order valence-corrected chi connectivity index (χ4v) is 1.24. The van der Waals surface area contributed by atoms with Gasteiger partial charge in [0.2, 0.25) is 0 Å². The van der Waals surface area contributed by atoms with Gasteiger partial charge in [-0.05, 0) is 19.3 Å². The summed E-state index contributed by atoms with van der Waals surface area (Å²) in [5, 5.41) is 3.32. The van der Waals surface area contributed by atoms with Crippen molar-refractivity contribution in [2.75, 3.05) is 6.54 Å². The van der Waals surface area contributed by atoms with Crippen LogP contribution in [0.4, 0.5) is 0 Å². The zero-order valence-corrected chi connectivity index (χ0v) is 8.47. The van der Waals surface area contributed by atoms with Crippen LogP contribution < -0.4 is 5.32 Å². The second-order valence-corrected chi connectivity index (χ2v) is 3.56. The molecule has 0 spiro atoms. The lowest BCUT2D eigenvalue weighted by Crippen LogP contribution is -2.28. The first-order valence-electron chi connectivity index (χ1n) is 4.87. The van der Waals surface area contributed by atoms with Crippen LogP contribution in [0.3, 0.4) is 0 Å². The predicted molar refractivity (Wildman–Crippen MR) is 52.2 cm³/mol. The molecule has 0 fully saturated rings. The highest BCUT2D eigenvalue weighted by molar-refractivity contribution is 5.49. The SMILES string of the molecule is CCC(C)CC(C)NCCC=O. The highest BCUT2D eigenvalue weighted by atomic mass is 16.1. The van der Waals surface area contributed by atoms with Gasteiger partial charge >= 0.3 is 0 Å².